The third-order valence-corrected chi connectivity index (χ3v) is 10.8. The van der Waals surface area contributed by atoms with E-state index < -0.39 is 46.0 Å². The molecule has 0 bridgehead atoms. The molecule has 0 heterocycles. The fourth-order valence-electron chi connectivity index (χ4n) is 8.38. The van der Waals surface area contributed by atoms with Crippen LogP contribution >= 0.6 is 0 Å². The van der Waals surface area contributed by atoms with Crippen LogP contribution in [0.1, 0.15) is 98.2 Å². The van der Waals surface area contributed by atoms with Crippen LogP contribution in [0.2, 0.25) is 0 Å². The number of fused-ring (bicyclic) bond motifs is 5. The molecule has 0 aromatic carbocycles. The largest absolute Gasteiger partial charge is 0.393 e. The van der Waals surface area contributed by atoms with Gasteiger partial charge in [0.15, 0.2) is 0 Å². The van der Waals surface area contributed by atoms with Gasteiger partial charge in [-0.3, -0.25) is 9.35 Å². The van der Waals surface area contributed by atoms with E-state index in [0.717, 1.165) is 32.1 Å². The first-order valence-corrected chi connectivity index (χ1v) is 14.3. The minimum atomic E-state index is -4.10. The molecule has 7 heteroatoms. The summed E-state index contributed by atoms with van der Waals surface area (Å²) in [5.41, 5.74) is -0.525. The molecule has 33 heavy (non-hydrogen) atoms. The Kier molecular flexibility index (Phi) is 5.57. The van der Waals surface area contributed by atoms with E-state index in [0.29, 0.717) is 42.9 Å². The molecule has 0 radical (unpaired) electrons. The highest BCUT2D eigenvalue weighted by Gasteiger charge is 2.60. The first-order valence-electron chi connectivity index (χ1n) is 15.2. The van der Waals surface area contributed by atoms with Crippen molar-refractivity contribution in [2.45, 2.75) is 97.4 Å². The number of rotatable bonds is 7. The van der Waals surface area contributed by atoms with Crippen LogP contribution in [0.25, 0.3) is 0 Å². The van der Waals surface area contributed by atoms with Gasteiger partial charge in [-0.15, -0.1) is 0 Å². The zero-order chi connectivity index (χ0) is 28.5. The van der Waals surface area contributed by atoms with Gasteiger partial charge in [0.2, 0.25) is 5.91 Å². The molecule has 3 N–H and O–H groups in total. The van der Waals surface area contributed by atoms with Gasteiger partial charge in [-0.1, -0.05) is 20.8 Å². The van der Waals surface area contributed by atoms with Crippen molar-refractivity contribution < 1.29 is 29.7 Å². The quantitative estimate of drug-likeness (QED) is 0.460. The minimum Gasteiger partial charge on any atom is -0.393 e. The summed E-state index contributed by atoms with van der Waals surface area (Å²) in [6.45, 7) is 6.46. The van der Waals surface area contributed by atoms with Crippen molar-refractivity contribution in [3.63, 3.8) is 0 Å². The van der Waals surface area contributed by atoms with E-state index in [1.165, 1.54) is 0 Å². The lowest BCUT2D eigenvalue weighted by Crippen LogP contribution is -2.54. The molecule has 4 rings (SSSR count). The van der Waals surface area contributed by atoms with E-state index in [4.69, 9.17) is 11.4 Å². The Morgan fingerprint density at radius 1 is 1.15 bits per heavy atom. The summed E-state index contributed by atoms with van der Waals surface area (Å²) in [5, 5.41) is 13.3. The second kappa shape index (κ2) is 9.42. The van der Waals surface area contributed by atoms with Gasteiger partial charge >= 0.3 is 0 Å². The van der Waals surface area contributed by atoms with Gasteiger partial charge < -0.3 is 10.4 Å². The maximum absolute atomic E-state index is 12.2. The molecule has 190 valence electrons. The summed E-state index contributed by atoms with van der Waals surface area (Å²) >= 11 is 0. The summed E-state index contributed by atoms with van der Waals surface area (Å²) in [6, 6.07) is 0. The number of carbonyl (C=O) groups is 1. The number of hydrogen-bond acceptors (Lipinski definition) is 4. The summed E-state index contributed by atoms with van der Waals surface area (Å²) in [5.74, 6) is 0.437. The third-order valence-electron chi connectivity index (χ3n) is 10.1. The summed E-state index contributed by atoms with van der Waals surface area (Å²) in [7, 11) is -4.10. The third kappa shape index (κ3) is 5.02. The lowest BCUT2D eigenvalue weighted by Gasteiger charge is -2.61. The highest BCUT2D eigenvalue weighted by Crippen LogP contribution is 2.68. The average Bonchev–Trinajstić information content (AvgIpc) is 3.12. The van der Waals surface area contributed by atoms with Crippen LogP contribution in [-0.2, 0) is 14.9 Å². The van der Waals surface area contributed by atoms with Gasteiger partial charge in [0.25, 0.3) is 10.1 Å². The zero-order valence-corrected chi connectivity index (χ0v) is 21.1. The molecule has 9 atom stereocenters. The van der Waals surface area contributed by atoms with Crippen molar-refractivity contribution in [2.75, 3.05) is 12.3 Å². The molecular formula is C26H45NO5S. The molecule has 0 aliphatic heterocycles. The van der Waals surface area contributed by atoms with Crippen LogP contribution in [0.4, 0.5) is 0 Å². The van der Waals surface area contributed by atoms with Crippen molar-refractivity contribution in [3.05, 3.63) is 0 Å². The Morgan fingerprint density at radius 2 is 1.88 bits per heavy atom. The monoisotopic (exact) mass is 488 g/mol. The number of aliphatic hydroxyl groups is 1. The Hall–Kier alpha value is -0.660. The van der Waals surface area contributed by atoms with E-state index in [9.17, 15) is 18.3 Å². The topological polar surface area (TPSA) is 104 Å². The van der Waals surface area contributed by atoms with E-state index >= 15 is 0 Å². The zero-order valence-electron chi connectivity index (χ0n) is 25.3. The summed E-state index contributed by atoms with van der Waals surface area (Å²) in [4.78, 5) is 12.2. The predicted octanol–water partition coefficient (Wildman–Crippen LogP) is 4.43. The maximum Gasteiger partial charge on any atom is 0.266 e. The Labute approximate surface area is 207 Å². The standard InChI is InChI=1S/C26H45NO5S/c1-17(4-9-24(29)27-14-15-33(30,31)32)21-7-8-22-20-6-5-18-16-19(28)10-12-25(18,2)23(20)11-13-26(21,22)3/h17-23,28H,4-16H2,1-3H3,(H,27,29)(H,30,31,32)/i10D2,16D2,19D. The molecule has 4 aliphatic carbocycles. The summed E-state index contributed by atoms with van der Waals surface area (Å²) in [6.07, 6.45) is -1.08. The van der Waals surface area contributed by atoms with Gasteiger partial charge in [0.1, 0.15) is 0 Å². The molecule has 1 amide bonds. The maximum atomic E-state index is 12.2. The van der Waals surface area contributed by atoms with Gasteiger partial charge in [-0.05, 0) is 110 Å². The van der Waals surface area contributed by atoms with Crippen molar-refractivity contribution in [3.8, 4) is 0 Å². The number of hydrogen-bond donors (Lipinski definition) is 3. The van der Waals surface area contributed by atoms with Crippen LogP contribution in [0.15, 0.2) is 0 Å². The molecule has 4 aliphatic rings. The normalized spacial score (nSPS) is 51.3. The SMILES string of the molecule is [2H]C1([2H])CC2(C)C3CCC4(C)C(C(C)CCC(=O)NCCS(=O)(=O)O)CCC4C3CCC2C([2H])([2H])C1([2H])O. The predicted molar refractivity (Wildman–Crippen MR) is 129 cm³/mol. The lowest BCUT2D eigenvalue weighted by atomic mass is 9.44. The highest BCUT2D eigenvalue weighted by molar-refractivity contribution is 7.85. The number of nitrogens with one attached hydrogen (secondary N) is 1. The number of amides is 1. The van der Waals surface area contributed by atoms with E-state index in [1.807, 2.05) is 6.92 Å². The van der Waals surface area contributed by atoms with Gasteiger partial charge in [-0.2, -0.15) is 8.42 Å². The first-order chi connectivity index (χ1) is 17.3. The van der Waals surface area contributed by atoms with Crippen LogP contribution in [0, 0.1) is 46.3 Å². The first kappa shape index (κ1) is 19.5. The molecule has 4 saturated carbocycles. The second-order valence-corrected chi connectivity index (χ2v) is 13.3. The van der Waals surface area contributed by atoms with Crippen molar-refractivity contribution in [2.24, 2.45) is 46.3 Å². The molecule has 0 saturated heterocycles. The molecule has 9 unspecified atom stereocenters. The lowest BCUT2D eigenvalue weighted by molar-refractivity contribution is -0.129. The van der Waals surface area contributed by atoms with E-state index in [-0.39, 0.29) is 30.2 Å². The Bertz CT molecular complexity index is 1040. The van der Waals surface area contributed by atoms with Crippen molar-refractivity contribution >= 4 is 16.0 Å². The van der Waals surface area contributed by atoms with Crippen molar-refractivity contribution in [1.29, 1.82) is 0 Å². The van der Waals surface area contributed by atoms with Gasteiger partial charge in [0, 0.05) is 18.4 Å². The molecule has 0 aromatic heterocycles. The molecule has 4 fully saturated rings. The smallest absolute Gasteiger partial charge is 0.266 e. The molecular weight excluding hydrogens is 438 g/mol. The van der Waals surface area contributed by atoms with Crippen LogP contribution in [0.3, 0.4) is 0 Å². The van der Waals surface area contributed by atoms with Crippen LogP contribution in [0.5, 0.6) is 0 Å². The fraction of sp³-hybridized carbons (Fsp3) is 0.962. The van der Waals surface area contributed by atoms with Crippen LogP contribution < -0.4 is 5.32 Å². The highest BCUT2D eigenvalue weighted by atomic mass is 32.2. The van der Waals surface area contributed by atoms with E-state index in [1.54, 1.807) is 0 Å². The fourth-order valence-corrected chi connectivity index (χ4v) is 8.74. The Morgan fingerprint density at radius 3 is 2.61 bits per heavy atom. The average molecular weight is 489 g/mol. The van der Waals surface area contributed by atoms with Crippen molar-refractivity contribution in [1.82, 2.24) is 5.32 Å². The summed E-state index contributed by atoms with van der Waals surface area (Å²) < 4.78 is 73.1. The Balaban J connectivity index is 1.45. The molecule has 6 nitrogen and oxygen atoms in total. The minimum absolute atomic E-state index is 0.00129. The molecule has 0 spiro atoms. The second-order valence-electron chi connectivity index (χ2n) is 11.7. The van der Waals surface area contributed by atoms with E-state index in [2.05, 4.69) is 19.2 Å². The van der Waals surface area contributed by atoms with Gasteiger partial charge in [-0.25, -0.2) is 0 Å². The number of carbonyl (C=O) groups excluding carboxylic acids is 1. The van der Waals surface area contributed by atoms with Gasteiger partial charge in [0.05, 0.1) is 13.2 Å². The van der Waals surface area contributed by atoms with Crippen LogP contribution in [-0.4, -0.2) is 42.4 Å². The molecule has 0 aromatic rings.